The number of nitrogens with one attached hydrogen (secondary N) is 2. The van der Waals surface area contributed by atoms with E-state index in [1.165, 1.54) is 0 Å². The molecule has 3 aromatic heterocycles. The van der Waals surface area contributed by atoms with Gasteiger partial charge in [-0.3, -0.25) is 14.3 Å². The van der Waals surface area contributed by atoms with E-state index in [0.29, 0.717) is 28.6 Å². The highest BCUT2D eigenvalue weighted by molar-refractivity contribution is 5.94. The summed E-state index contributed by atoms with van der Waals surface area (Å²) in [5.74, 6) is 0.138. The first-order valence-electron chi connectivity index (χ1n) is 12.2. The van der Waals surface area contributed by atoms with Crippen LogP contribution in [0.1, 0.15) is 64.5 Å². The minimum absolute atomic E-state index is 0.0891. The van der Waals surface area contributed by atoms with Crippen LogP contribution in [0.15, 0.2) is 53.6 Å². The summed E-state index contributed by atoms with van der Waals surface area (Å²) in [6.45, 7) is 7.33. The Labute approximate surface area is 208 Å². The molecule has 1 saturated heterocycles. The number of fused-ring (bicyclic) bond motifs is 1. The minimum Gasteiger partial charge on any atom is -0.478 e. The average molecular weight is 487 g/mol. The van der Waals surface area contributed by atoms with Gasteiger partial charge in [0.15, 0.2) is 0 Å². The standard InChI is InChI=1S/C27H30N6O3/c1-16-14-21(18(3)29-23-7-5-4-6-20(23)27(35)36)25-30-24(17(2)26(34)33(25)15-16)32-12-9-19(10-13-32)22-8-11-28-31-22/h4-8,11,14-15,18-19,29H,9-10,12-13H2,1-3H3,(H,28,31)(H,35,36)/t18-/m1/s1. The number of carbonyl (C=O) groups is 1. The van der Waals surface area contributed by atoms with Crippen molar-refractivity contribution in [2.75, 3.05) is 23.3 Å². The fraction of sp³-hybridized carbons (Fsp3) is 0.333. The molecule has 36 heavy (non-hydrogen) atoms. The number of carboxylic acid groups (broad SMARTS) is 1. The van der Waals surface area contributed by atoms with Gasteiger partial charge in [-0.25, -0.2) is 9.78 Å². The molecule has 1 aliphatic heterocycles. The number of benzene rings is 1. The van der Waals surface area contributed by atoms with Gasteiger partial charge in [0.25, 0.3) is 5.56 Å². The molecule has 4 heterocycles. The molecule has 9 heteroatoms. The lowest BCUT2D eigenvalue weighted by Crippen LogP contribution is -2.36. The maximum absolute atomic E-state index is 13.5. The number of piperidine rings is 1. The number of carboxylic acids is 1. The Morgan fingerprint density at radius 3 is 2.64 bits per heavy atom. The molecule has 0 amide bonds. The molecule has 9 nitrogen and oxygen atoms in total. The molecular formula is C27H30N6O3. The van der Waals surface area contributed by atoms with Gasteiger partial charge in [0.1, 0.15) is 11.5 Å². The summed E-state index contributed by atoms with van der Waals surface area (Å²) in [7, 11) is 0. The first kappa shape index (κ1) is 23.6. The van der Waals surface area contributed by atoms with Gasteiger partial charge in [-0.15, -0.1) is 0 Å². The molecule has 0 radical (unpaired) electrons. The number of aromatic carboxylic acids is 1. The molecule has 1 fully saturated rings. The van der Waals surface area contributed by atoms with Crippen LogP contribution < -0.4 is 15.8 Å². The monoisotopic (exact) mass is 486 g/mol. The van der Waals surface area contributed by atoms with E-state index in [9.17, 15) is 14.7 Å². The SMILES string of the molecule is Cc1cc([C@@H](C)Nc2ccccc2C(=O)O)c2nc(N3CCC(c4ccn[nH]4)CC3)c(C)c(=O)n2c1. The van der Waals surface area contributed by atoms with Crippen LogP contribution in [-0.4, -0.2) is 43.7 Å². The smallest absolute Gasteiger partial charge is 0.337 e. The summed E-state index contributed by atoms with van der Waals surface area (Å²) in [6, 6.07) is 10.6. The van der Waals surface area contributed by atoms with Crippen molar-refractivity contribution in [3.8, 4) is 0 Å². The zero-order chi connectivity index (χ0) is 25.4. The molecule has 0 saturated carbocycles. The van der Waals surface area contributed by atoms with Gasteiger partial charge in [0.2, 0.25) is 0 Å². The zero-order valence-electron chi connectivity index (χ0n) is 20.7. The van der Waals surface area contributed by atoms with Gasteiger partial charge >= 0.3 is 5.97 Å². The Morgan fingerprint density at radius 1 is 1.19 bits per heavy atom. The van der Waals surface area contributed by atoms with Crippen LogP contribution in [0.3, 0.4) is 0 Å². The highest BCUT2D eigenvalue weighted by Crippen LogP contribution is 2.31. The van der Waals surface area contributed by atoms with Crippen molar-refractivity contribution in [2.24, 2.45) is 0 Å². The van der Waals surface area contributed by atoms with Gasteiger partial charge in [0.05, 0.1) is 17.2 Å². The quantitative estimate of drug-likeness (QED) is 0.372. The molecular weight excluding hydrogens is 456 g/mol. The van der Waals surface area contributed by atoms with Crippen LogP contribution in [0.2, 0.25) is 0 Å². The fourth-order valence-corrected chi connectivity index (χ4v) is 5.11. The van der Waals surface area contributed by atoms with Crippen molar-refractivity contribution in [2.45, 2.75) is 45.6 Å². The van der Waals surface area contributed by atoms with Gasteiger partial charge in [-0.1, -0.05) is 12.1 Å². The Bertz CT molecular complexity index is 1470. The van der Waals surface area contributed by atoms with Crippen molar-refractivity contribution in [3.05, 3.63) is 87.1 Å². The molecule has 0 spiro atoms. The third-order valence-corrected chi connectivity index (χ3v) is 7.04. The second kappa shape index (κ2) is 9.49. The van der Waals surface area contributed by atoms with Crippen molar-refractivity contribution in [3.63, 3.8) is 0 Å². The van der Waals surface area contributed by atoms with Crippen LogP contribution in [0.25, 0.3) is 5.65 Å². The van der Waals surface area contributed by atoms with Crippen LogP contribution >= 0.6 is 0 Å². The van der Waals surface area contributed by atoms with Gasteiger partial charge in [0, 0.05) is 48.3 Å². The van der Waals surface area contributed by atoms with Crippen molar-refractivity contribution in [1.82, 2.24) is 19.6 Å². The van der Waals surface area contributed by atoms with Gasteiger partial charge in [-0.05, 0) is 63.4 Å². The predicted molar refractivity (Wildman–Crippen MR) is 139 cm³/mol. The molecule has 186 valence electrons. The van der Waals surface area contributed by atoms with Crippen LogP contribution in [0.4, 0.5) is 11.5 Å². The van der Waals surface area contributed by atoms with E-state index in [1.54, 1.807) is 34.9 Å². The number of aromatic nitrogens is 4. The highest BCUT2D eigenvalue weighted by Gasteiger charge is 2.26. The van der Waals surface area contributed by atoms with E-state index < -0.39 is 5.97 Å². The van der Waals surface area contributed by atoms with Crippen LogP contribution in [0.5, 0.6) is 0 Å². The summed E-state index contributed by atoms with van der Waals surface area (Å²) >= 11 is 0. The Balaban J connectivity index is 1.51. The lowest BCUT2D eigenvalue weighted by atomic mass is 9.93. The molecule has 1 atom stereocenters. The maximum Gasteiger partial charge on any atom is 0.337 e. The Morgan fingerprint density at radius 2 is 1.94 bits per heavy atom. The highest BCUT2D eigenvalue weighted by atomic mass is 16.4. The number of H-pyrrole nitrogens is 1. The number of aryl methyl sites for hydroxylation is 1. The van der Waals surface area contributed by atoms with Crippen molar-refractivity contribution >= 4 is 23.1 Å². The van der Waals surface area contributed by atoms with Crippen LogP contribution in [-0.2, 0) is 0 Å². The Kier molecular flexibility index (Phi) is 6.22. The third kappa shape index (κ3) is 4.32. The summed E-state index contributed by atoms with van der Waals surface area (Å²) in [6.07, 6.45) is 5.50. The lowest BCUT2D eigenvalue weighted by Gasteiger charge is -2.33. The number of pyridine rings is 1. The minimum atomic E-state index is -0.995. The van der Waals surface area contributed by atoms with Crippen LogP contribution in [0, 0.1) is 13.8 Å². The number of para-hydroxylation sites is 1. The molecule has 1 aromatic carbocycles. The van der Waals surface area contributed by atoms with Crippen molar-refractivity contribution in [1.29, 1.82) is 0 Å². The Hall–Kier alpha value is -4.14. The second-order valence-electron chi connectivity index (χ2n) is 9.52. The number of hydrogen-bond donors (Lipinski definition) is 3. The molecule has 1 aliphatic rings. The molecule has 0 bridgehead atoms. The molecule has 5 rings (SSSR count). The molecule has 0 aliphatic carbocycles. The summed E-state index contributed by atoms with van der Waals surface area (Å²) in [5.41, 5.74) is 4.74. The van der Waals surface area contributed by atoms with E-state index in [-0.39, 0.29) is 17.2 Å². The summed E-state index contributed by atoms with van der Waals surface area (Å²) in [4.78, 5) is 32.4. The first-order chi connectivity index (χ1) is 17.3. The zero-order valence-corrected chi connectivity index (χ0v) is 20.7. The predicted octanol–water partition coefficient (Wildman–Crippen LogP) is 4.29. The maximum atomic E-state index is 13.5. The fourth-order valence-electron chi connectivity index (χ4n) is 5.11. The number of rotatable bonds is 6. The van der Waals surface area contributed by atoms with E-state index >= 15 is 0 Å². The number of anilines is 2. The average Bonchev–Trinajstić information content (AvgIpc) is 3.41. The summed E-state index contributed by atoms with van der Waals surface area (Å²) in [5, 5.41) is 20.1. The van der Waals surface area contributed by atoms with E-state index in [0.717, 1.165) is 42.8 Å². The van der Waals surface area contributed by atoms with E-state index in [4.69, 9.17) is 4.98 Å². The largest absolute Gasteiger partial charge is 0.478 e. The van der Waals surface area contributed by atoms with Crippen molar-refractivity contribution < 1.29 is 9.90 Å². The number of hydrogen-bond acceptors (Lipinski definition) is 6. The van der Waals surface area contributed by atoms with Gasteiger partial charge < -0.3 is 15.3 Å². The number of aromatic amines is 1. The van der Waals surface area contributed by atoms with Gasteiger partial charge in [-0.2, -0.15) is 5.10 Å². The molecule has 0 unspecified atom stereocenters. The molecule has 4 aromatic rings. The third-order valence-electron chi connectivity index (χ3n) is 7.04. The number of nitrogens with zero attached hydrogens (tertiary/aromatic N) is 4. The van der Waals surface area contributed by atoms with E-state index in [1.807, 2.05) is 39.1 Å². The topological polar surface area (TPSA) is 116 Å². The second-order valence-corrected chi connectivity index (χ2v) is 9.52. The van der Waals surface area contributed by atoms with E-state index in [2.05, 4.69) is 20.4 Å². The first-order valence-corrected chi connectivity index (χ1v) is 12.2. The molecule has 3 N–H and O–H groups in total. The summed E-state index contributed by atoms with van der Waals surface area (Å²) < 4.78 is 1.61. The lowest BCUT2D eigenvalue weighted by molar-refractivity contribution is 0.0698. The normalized spacial score (nSPS) is 15.2.